The van der Waals surface area contributed by atoms with E-state index in [0.717, 1.165) is 0 Å². The van der Waals surface area contributed by atoms with Gasteiger partial charge in [-0.15, -0.1) is 0 Å². The fourth-order valence-corrected chi connectivity index (χ4v) is 1.86. The number of hydrogen-bond acceptors (Lipinski definition) is 6. The molecule has 1 amide bonds. The van der Waals surface area contributed by atoms with Gasteiger partial charge in [-0.05, 0) is 19.0 Å². The number of nitrogens with zero attached hydrogens (tertiary/aromatic N) is 1. The van der Waals surface area contributed by atoms with Crippen molar-refractivity contribution in [3.8, 4) is 0 Å². The molecule has 0 spiro atoms. The summed E-state index contributed by atoms with van der Waals surface area (Å²) in [5.41, 5.74) is -0.216. The lowest BCUT2D eigenvalue weighted by Gasteiger charge is -2.14. The smallest absolute Gasteiger partial charge is 0.321 e. The minimum absolute atomic E-state index is 0.0334. The SMILES string of the molecule is COCCCNC(CC(=O)Nc1ccccc1[N+](=O)[O-])C(=O)O. The van der Waals surface area contributed by atoms with Crippen LogP contribution in [0.2, 0.25) is 0 Å². The highest BCUT2D eigenvalue weighted by Crippen LogP contribution is 2.23. The molecule has 0 saturated heterocycles. The number of rotatable bonds is 10. The molecule has 0 bridgehead atoms. The van der Waals surface area contributed by atoms with Gasteiger partial charge in [0.05, 0.1) is 11.3 Å². The van der Waals surface area contributed by atoms with E-state index in [4.69, 9.17) is 9.84 Å². The molecule has 9 nitrogen and oxygen atoms in total. The van der Waals surface area contributed by atoms with E-state index in [0.29, 0.717) is 19.6 Å². The molecule has 126 valence electrons. The van der Waals surface area contributed by atoms with Gasteiger partial charge in [-0.3, -0.25) is 19.7 Å². The average Bonchev–Trinajstić information content (AvgIpc) is 2.50. The molecule has 0 saturated carbocycles. The fraction of sp³-hybridized carbons (Fsp3) is 0.429. The molecule has 0 heterocycles. The van der Waals surface area contributed by atoms with Crippen LogP contribution >= 0.6 is 0 Å². The summed E-state index contributed by atoms with van der Waals surface area (Å²) >= 11 is 0. The molecule has 1 unspecified atom stereocenters. The van der Waals surface area contributed by atoms with Gasteiger partial charge in [-0.2, -0.15) is 0 Å². The third-order valence-electron chi connectivity index (χ3n) is 2.98. The van der Waals surface area contributed by atoms with E-state index in [9.17, 15) is 19.7 Å². The number of ether oxygens (including phenoxy) is 1. The van der Waals surface area contributed by atoms with Crippen LogP contribution in [0.1, 0.15) is 12.8 Å². The molecule has 1 atom stereocenters. The van der Waals surface area contributed by atoms with Gasteiger partial charge in [-0.25, -0.2) is 0 Å². The minimum atomic E-state index is -1.17. The molecule has 0 aromatic heterocycles. The van der Waals surface area contributed by atoms with E-state index in [1.165, 1.54) is 25.3 Å². The Hall–Kier alpha value is -2.52. The highest BCUT2D eigenvalue weighted by atomic mass is 16.6. The number of benzene rings is 1. The van der Waals surface area contributed by atoms with E-state index in [1.807, 2.05) is 0 Å². The summed E-state index contributed by atoms with van der Waals surface area (Å²) in [4.78, 5) is 33.3. The average molecular weight is 325 g/mol. The van der Waals surface area contributed by atoms with Crippen molar-refractivity contribution >= 4 is 23.3 Å². The van der Waals surface area contributed by atoms with Crippen LogP contribution in [0.3, 0.4) is 0 Å². The van der Waals surface area contributed by atoms with Crippen LogP contribution in [0.15, 0.2) is 24.3 Å². The quantitative estimate of drug-likeness (QED) is 0.332. The van der Waals surface area contributed by atoms with Crippen LogP contribution in [-0.2, 0) is 14.3 Å². The predicted molar refractivity (Wildman–Crippen MR) is 82.3 cm³/mol. The van der Waals surface area contributed by atoms with Crippen LogP contribution in [0.25, 0.3) is 0 Å². The number of nitro benzene ring substituents is 1. The summed E-state index contributed by atoms with van der Waals surface area (Å²) in [6, 6.07) is 4.59. The van der Waals surface area contributed by atoms with Gasteiger partial charge < -0.3 is 20.5 Å². The molecule has 1 aromatic rings. The topological polar surface area (TPSA) is 131 Å². The summed E-state index contributed by atoms with van der Waals surface area (Å²) < 4.78 is 4.85. The lowest BCUT2D eigenvalue weighted by atomic mass is 10.2. The molecule has 0 aliphatic heterocycles. The highest BCUT2D eigenvalue weighted by Gasteiger charge is 2.22. The Morgan fingerprint density at radius 1 is 1.39 bits per heavy atom. The number of carbonyl (C=O) groups is 2. The minimum Gasteiger partial charge on any atom is -0.480 e. The van der Waals surface area contributed by atoms with Crippen LogP contribution in [0.5, 0.6) is 0 Å². The number of anilines is 1. The molecule has 3 N–H and O–H groups in total. The standard InChI is InChI=1S/C14H19N3O6/c1-23-8-4-7-15-11(14(19)20)9-13(18)16-10-5-2-3-6-12(10)17(21)22/h2-3,5-6,11,15H,4,7-9H2,1H3,(H,16,18)(H,19,20). The number of carboxylic acid groups (broad SMARTS) is 1. The summed E-state index contributed by atoms with van der Waals surface area (Å²) in [6.07, 6.45) is 0.264. The van der Waals surface area contributed by atoms with Crippen molar-refractivity contribution in [1.29, 1.82) is 0 Å². The molecule has 0 fully saturated rings. The van der Waals surface area contributed by atoms with Crippen molar-refractivity contribution in [3.05, 3.63) is 34.4 Å². The first-order valence-corrected chi connectivity index (χ1v) is 6.94. The van der Waals surface area contributed by atoms with Crippen molar-refractivity contribution < 1.29 is 24.4 Å². The number of methoxy groups -OCH3 is 1. The Kier molecular flexibility index (Phi) is 7.64. The third kappa shape index (κ3) is 6.41. The first-order valence-electron chi connectivity index (χ1n) is 6.94. The maximum absolute atomic E-state index is 11.9. The second-order valence-electron chi connectivity index (χ2n) is 4.72. The van der Waals surface area contributed by atoms with Crippen LogP contribution in [0, 0.1) is 10.1 Å². The van der Waals surface area contributed by atoms with Gasteiger partial charge in [0.25, 0.3) is 5.69 Å². The number of hydrogen-bond donors (Lipinski definition) is 3. The van der Waals surface area contributed by atoms with Crippen molar-refractivity contribution in [2.24, 2.45) is 0 Å². The van der Waals surface area contributed by atoms with Crippen molar-refractivity contribution in [1.82, 2.24) is 5.32 Å². The third-order valence-corrected chi connectivity index (χ3v) is 2.98. The highest BCUT2D eigenvalue weighted by molar-refractivity contribution is 5.95. The van der Waals surface area contributed by atoms with Gasteiger partial charge >= 0.3 is 5.97 Å². The lowest BCUT2D eigenvalue weighted by molar-refractivity contribution is -0.383. The molecule has 0 aliphatic rings. The largest absolute Gasteiger partial charge is 0.480 e. The number of nitro groups is 1. The van der Waals surface area contributed by atoms with Crippen molar-refractivity contribution in [2.75, 3.05) is 25.6 Å². The Labute approximate surface area is 132 Å². The van der Waals surface area contributed by atoms with Gasteiger partial charge in [0.15, 0.2) is 0 Å². The van der Waals surface area contributed by atoms with Gasteiger partial charge in [-0.1, -0.05) is 12.1 Å². The summed E-state index contributed by atoms with van der Waals surface area (Å²) in [5.74, 6) is -1.79. The molecule has 0 radical (unpaired) electrons. The van der Waals surface area contributed by atoms with Crippen molar-refractivity contribution in [2.45, 2.75) is 18.9 Å². The number of carbonyl (C=O) groups excluding carboxylic acids is 1. The van der Waals surface area contributed by atoms with Crippen LogP contribution < -0.4 is 10.6 Å². The Morgan fingerprint density at radius 2 is 2.09 bits per heavy atom. The number of amides is 1. The summed E-state index contributed by atoms with van der Waals surface area (Å²) in [6.45, 7) is 0.852. The zero-order valence-corrected chi connectivity index (χ0v) is 12.7. The maximum Gasteiger partial charge on any atom is 0.321 e. The first-order chi connectivity index (χ1) is 11.0. The van der Waals surface area contributed by atoms with Gasteiger partial charge in [0.2, 0.25) is 5.91 Å². The fourth-order valence-electron chi connectivity index (χ4n) is 1.86. The molecule has 23 heavy (non-hydrogen) atoms. The number of nitrogens with one attached hydrogen (secondary N) is 2. The normalized spacial score (nSPS) is 11.7. The van der Waals surface area contributed by atoms with Crippen LogP contribution in [-0.4, -0.2) is 48.2 Å². The first kappa shape index (κ1) is 18.5. The molecular weight excluding hydrogens is 306 g/mol. The van der Waals surface area contributed by atoms with E-state index >= 15 is 0 Å². The van der Waals surface area contributed by atoms with Crippen LogP contribution in [0.4, 0.5) is 11.4 Å². The molecular formula is C14H19N3O6. The molecule has 9 heteroatoms. The molecule has 1 aromatic carbocycles. The Morgan fingerprint density at radius 3 is 2.70 bits per heavy atom. The monoisotopic (exact) mass is 325 g/mol. The lowest BCUT2D eigenvalue weighted by Crippen LogP contribution is -2.40. The van der Waals surface area contributed by atoms with E-state index < -0.39 is 22.8 Å². The summed E-state index contributed by atoms with van der Waals surface area (Å²) in [5, 5.41) is 25.1. The van der Waals surface area contributed by atoms with Gasteiger partial charge in [0.1, 0.15) is 11.7 Å². The second kappa shape index (κ2) is 9.49. The van der Waals surface area contributed by atoms with E-state index in [-0.39, 0.29) is 17.8 Å². The number of para-hydroxylation sites is 2. The zero-order valence-electron chi connectivity index (χ0n) is 12.7. The van der Waals surface area contributed by atoms with E-state index in [2.05, 4.69) is 10.6 Å². The number of aliphatic carboxylic acids is 1. The maximum atomic E-state index is 11.9. The number of carboxylic acids is 1. The second-order valence-corrected chi connectivity index (χ2v) is 4.72. The predicted octanol–water partition coefficient (Wildman–Crippen LogP) is 1.00. The molecule has 1 rings (SSSR count). The van der Waals surface area contributed by atoms with Crippen molar-refractivity contribution in [3.63, 3.8) is 0 Å². The van der Waals surface area contributed by atoms with Gasteiger partial charge in [0, 0.05) is 19.8 Å². The summed E-state index contributed by atoms with van der Waals surface area (Å²) in [7, 11) is 1.54. The molecule has 0 aliphatic carbocycles. The Balaban J connectivity index is 2.62. The van der Waals surface area contributed by atoms with E-state index in [1.54, 1.807) is 6.07 Å². The zero-order chi connectivity index (χ0) is 17.2. The Bertz CT molecular complexity index is 563.